The maximum absolute atomic E-state index is 4.52. The Morgan fingerprint density at radius 1 is 1.38 bits per heavy atom. The molecule has 1 saturated heterocycles. The van der Waals surface area contributed by atoms with E-state index in [1.54, 1.807) is 0 Å². The van der Waals surface area contributed by atoms with Crippen LogP contribution < -0.4 is 0 Å². The monoisotopic (exact) mass is 221 g/mol. The van der Waals surface area contributed by atoms with Crippen molar-refractivity contribution in [2.75, 3.05) is 20.1 Å². The number of hydrogen-bond donors (Lipinski definition) is 0. The molecule has 0 amide bonds. The molecule has 1 aromatic rings. The Balaban J connectivity index is 1.96. The second kappa shape index (κ2) is 5.00. The zero-order valence-corrected chi connectivity index (χ0v) is 10.7. The van der Waals surface area contributed by atoms with Crippen molar-refractivity contribution >= 4 is 0 Å². The van der Waals surface area contributed by atoms with Gasteiger partial charge in [-0.15, -0.1) is 0 Å². The Kier molecular flexibility index (Phi) is 3.64. The number of hydrogen-bond acceptors (Lipinski definition) is 2. The van der Waals surface area contributed by atoms with Gasteiger partial charge in [0.1, 0.15) is 0 Å². The number of rotatable bonds is 3. The lowest BCUT2D eigenvalue weighted by atomic mass is 10.1. The minimum atomic E-state index is 0.622. The van der Waals surface area contributed by atoms with Crippen molar-refractivity contribution in [3.8, 4) is 0 Å². The first-order valence-electron chi connectivity index (χ1n) is 6.36. The highest BCUT2D eigenvalue weighted by Gasteiger charge is 2.18. The molecule has 2 rings (SSSR count). The molecule has 0 aromatic carbocycles. The van der Waals surface area contributed by atoms with Gasteiger partial charge < -0.3 is 4.90 Å². The molecule has 0 N–H and O–H groups in total. The Morgan fingerprint density at radius 2 is 2.06 bits per heavy atom. The second-order valence-electron chi connectivity index (χ2n) is 5.46. The summed E-state index contributed by atoms with van der Waals surface area (Å²) in [5.41, 5.74) is 1.38. The molecule has 1 aliphatic rings. The Morgan fingerprint density at radius 3 is 2.69 bits per heavy atom. The maximum atomic E-state index is 4.52. The minimum Gasteiger partial charge on any atom is -0.306 e. The number of piperidine rings is 1. The molecule has 0 saturated carbocycles. The van der Waals surface area contributed by atoms with Crippen molar-refractivity contribution in [3.63, 3.8) is 0 Å². The lowest BCUT2D eigenvalue weighted by molar-refractivity contribution is 0.212. The number of aromatic nitrogens is 2. The minimum absolute atomic E-state index is 0.622. The van der Waals surface area contributed by atoms with Crippen molar-refractivity contribution in [1.82, 2.24) is 14.7 Å². The molecule has 16 heavy (non-hydrogen) atoms. The van der Waals surface area contributed by atoms with Crippen LogP contribution in [-0.4, -0.2) is 34.8 Å². The third-order valence-corrected chi connectivity index (χ3v) is 3.36. The molecule has 0 atom stereocenters. The van der Waals surface area contributed by atoms with Crippen LogP contribution in [0.3, 0.4) is 0 Å². The van der Waals surface area contributed by atoms with Crippen molar-refractivity contribution in [1.29, 1.82) is 0 Å². The molecule has 0 bridgehead atoms. The van der Waals surface area contributed by atoms with E-state index in [2.05, 4.69) is 41.8 Å². The summed E-state index contributed by atoms with van der Waals surface area (Å²) in [6.07, 6.45) is 7.90. The molecule has 0 aliphatic carbocycles. The van der Waals surface area contributed by atoms with E-state index in [4.69, 9.17) is 0 Å². The predicted molar refractivity (Wildman–Crippen MR) is 66.5 cm³/mol. The van der Waals surface area contributed by atoms with Gasteiger partial charge in [-0.05, 0) is 50.9 Å². The fraction of sp³-hybridized carbons (Fsp3) is 0.769. The predicted octanol–water partition coefficient (Wildman–Crippen LogP) is 2.35. The standard InChI is InChI=1S/C13H23N3/c1-11(2)8-12-9-14-16(10-12)13-4-6-15(3)7-5-13/h9-11,13H,4-8H2,1-3H3. The van der Waals surface area contributed by atoms with Crippen LogP contribution in [-0.2, 0) is 6.42 Å². The topological polar surface area (TPSA) is 21.1 Å². The highest BCUT2D eigenvalue weighted by atomic mass is 15.3. The summed E-state index contributed by atoms with van der Waals surface area (Å²) in [5.74, 6) is 0.718. The molecular weight excluding hydrogens is 198 g/mol. The van der Waals surface area contributed by atoms with Crippen LogP contribution in [0.4, 0.5) is 0 Å². The Bertz CT molecular complexity index is 322. The number of likely N-dealkylation sites (tertiary alicyclic amines) is 1. The lowest BCUT2D eigenvalue weighted by Gasteiger charge is -2.28. The van der Waals surface area contributed by atoms with E-state index in [1.807, 2.05) is 6.20 Å². The average Bonchev–Trinajstić information content (AvgIpc) is 2.66. The molecule has 3 heteroatoms. The van der Waals surface area contributed by atoms with Crippen LogP contribution in [0.25, 0.3) is 0 Å². The molecule has 0 unspecified atom stereocenters. The van der Waals surface area contributed by atoms with Crippen molar-refractivity contribution < 1.29 is 0 Å². The van der Waals surface area contributed by atoms with Crippen LogP contribution >= 0.6 is 0 Å². The summed E-state index contributed by atoms with van der Waals surface area (Å²) in [6, 6.07) is 0.622. The first-order chi connectivity index (χ1) is 7.65. The molecule has 0 radical (unpaired) electrons. The highest BCUT2D eigenvalue weighted by molar-refractivity contribution is 5.05. The SMILES string of the molecule is CC(C)Cc1cnn(C2CCN(C)CC2)c1. The zero-order chi connectivity index (χ0) is 11.5. The van der Waals surface area contributed by atoms with E-state index in [9.17, 15) is 0 Å². The molecule has 2 heterocycles. The van der Waals surface area contributed by atoms with Gasteiger partial charge >= 0.3 is 0 Å². The van der Waals surface area contributed by atoms with Gasteiger partial charge in [-0.2, -0.15) is 5.10 Å². The van der Waals surface area contributed by atoms with Gasteiger partial charge in [-0.3, -0.25) is 4.68 Å². The first-order valence-corrected chi connectivity index (χ1v) is 6.36. The third kappa shape index (κ3) is 2.85. The summed E-state index contributed by atoms with van der Waals surface area (Å²) in [4.78, 5) is 2.40. The van der Waals surface area contributed by atoms with Crippen molar-refractivity contribution in [2.45, 2.75) is 39.2 Å². The van der Waals surface area contributed by atoms with Gasteiger partial charge in [0.2, 0.25) is 0 Å². The zero-order valence-electron chi connectivity index (χ0n) is 10.7. The average molecular weight is 221 g/mol. The fourth-order valence-corrected chi connectivity index (χ4v) is 2.41. The van der Waals surface area contributed by atoms with Gasteiger partial charge in [0.15, 0.2) is 0 Å². The summed E-state index contributed by atoms with van der Waals surface area (Å²) in [7, 11) is 2.20. The van der Waals surface area contributed by atoms with Crippen molar-refractivity contribution in [3.05, 3.63) is 18.0 Å². The van der Waals surface area contributed by atoms with E-state index >= 15 is 0 Å². The van der Waals surface area contributed by atoms with E-state index < -0.39 is 0 Å². The quantitative estimate of drug-likeness (QED) is 0.781. The van der Waals surface area contributed by atoms with E-state index in [0.717, 1.165) is 12.3 Å². The summed E-state index contributed by atoms with van der Waals surface area (Å²) in [5, 5.41) is 4.52. The molecular formula is C13H23N3. The Hall–Kier alpha value is -0.830. The molecule has 1 aromatic heterocycles. The second-order valence-corrected chi connectivity index (χ2v) is 5.46. The summed E-state index contributed by atoms with van der Waals surface area (Å²) < 4.78 is 2.19. The third-order valence-electron chi connectivity index (χ3n) is 3.36. The van der Waals surface area contributed by atoms with Crippen LogP contribution in [0, 0.1) is 5.92 Å². The first kappa shape index (κ1) is 11.6. The molecule has 1 aliphatic heterocycles. The van der Waals surface area contributed by atoms with Gasteiger partial charge in [0, 0.05) is 6.20 Å². The van der Waals surface area contributed by atoms with Crippen LogP contribution in [0.1, 0.15) is 38.3 Å². The summed E-state index contributed by atoms with van der Waals surface area (Å²) >= 11 is 0. The molecule has 0 spiro atoms. The van der Waals surface area contributed by atoms with Crippen LogP contribution in [0.15, 0.2) is 12.4 Å². The molecule has 1 fully saturated rings. The Labute approximate surface area is 98.4 Å². The number of nitrogens with zero attached hydrogens (tertiary/aromatic N) is 3. The van der Waals surface area contributed by atoms with Gasteiger partial charge in [-0.1, -0.05) is 13.8 Å². The fourth-order valence-electron chi connectivity index (χ4n) is 2.41. The molecule has 90 valence electrons. The highest BCUT2D eigenvalue weighted by Crippen LogP contribution is 2.21. The van der Waals surface area contributed by atoms with Crippen LogP contribution in [0.2, 0.25) is 0 Å². The smallest absolute Gasteiger partial charge is 0.0543 e. The van der Waals surface area contributed by atoms with E-state index in [1.165, 1.54) is 31.5 Å². The maximum Gasteiger partial charge on any atom is 0.0543 e. The largest absolute Gasteiger partial charge is 0.306 e. The van der Waals surface area contributed by atoms with Gasteiger partial charge in [0.25, 0.3) is 0 Å². The van der Waals surface area contributed by atoms with Gasteiger partial charge in [0.05, 0.1) is 12.2 Å². The van der Waals surface area contributed by atoms with Gasteiger partial charge in [-0.25, -0.2) is 0 Å². The lowest BCUT2D eigenvalue weighted by Crippen LogP contribution is -2.31. The van der Waals surface area contributed by atoms with E-state index in [-0.39, 0.29) is 0 Å². The van der Waals surface area contributed by atoms with Crippen molar-refractivity contribution in [2.24, 2.45) is 5.92 Å². The van der Waals surface area contributed by atoms with E-state index in [0.29, 0.717) is 6.04 Å². The van der Waals surface area contributed by atoms with Crippen LogP contribution in [0.5, 0.6) is 0 Å². The molecule has 3 nitrogen and oxygen atoms in total. The summed E-state index contributed by atoms with van der Waals surface area (Å²) in [6.45, 7) is 6.91. The normalized spacial score (nSPS) is 19.5.